The van der Waals surface area contributed by atoms with E-state index in [9.17, 15) is 0 Å². The maximum absolute atomic E-state index is 2.74. The third-order valence-corrected chi connectivity index (χ3v) is 10.1. The fourth-order valence-electron chi connectivity index (χ4n) is 8.66. The van der Waals surface area contributed by atoms with Crippen LogP contribution >= 0.6 is 0 Å². The van der Waals surface area contributed by atoms with E-state index in [0.717, 1.165) is 35.5 Å². The van der Waals surface area contributed by atoms with E-state index in [0.29, 0.717) is 16.2 Å². The van der Waals surface area contributed by atoms with E-state index in [2.05, 4.69) is 41.5 Å². The van der Waals surface area contributed by atoms with Crippen LogP contribution in [0.1, 0.15) is 106 Å². The van der Waals surface area contributed by atoms with Crippen molar-refractivity contribution in [3.05, 3.63) is 0 Å². The van der Waals surface area contributed by atoms with Gasteiger partial charge in [0.15, 0.2) is 0 Å². The summed E-state index contributed by atoms with van der Waals surface area (Å²) in [7, 11) is 0. The number of hydrogen-bond donors (Lipinski definition) is 0. The van der Waals surface area contributed by atoms with Crippen LogP contribution in [0.5, 0.6) is 0 Å². The summed E-state index contributed by atoms with van der Waals surface area (Å²) in [5.74, 6) is 6.22. The summed E-state index contributed by atoms with van der Waals surface area (Å²) in [4.78, 5) is 0. The molecule has 0 spiro atoms. The summed E-state index contributed by atoms with van der Waals surface area (Å²) in [6.45, 7) is 15.3. The van der Waals surface area contributed by atoms with E-state index >= 15 is 0 Å². The summed E-state index contributed by atoms with van der Waals surface area (Å²) >= 11 is 0. The highest BCUT2D eigenvalue weighted by Crippen LogP contribution is 2.67. The van der Waals surface area contributed by atoms with E-state index in [1.807, 2.05) is 0 Å². The molecule has 0 amide bonds. The minimum absolute atomic E-state index is 0.516. The third kappa shape index (κ3) is 2.93. The first-order valence-corrected chi connectivity index (χ1v) is 11.6. The predicted molar refractivity (Wildman–Crippen MR) is 108 cm³/mol. The van der Waals surface area contributed by atoms with Crippen LogP contribution in [0.3, 0.4) is 0 Å². The number of hydrogen-bond acceptors (Lipinski definition) is 0. The van der Waals surface area contributed by atoms with E-state index in [1.54, 1.807) is 38.5 Å². The van der Waals surface area contributed by atoms with Crippen molar-refractivity contribution in [1.82, 2.24) is 0 Å². The molecule has 0 aromatic carbocycles. The molecule has 4 fully saturated rings. The molecule has 25 heavy (non-hydrogen) atoms. The molecule has 4 aliphatic rings. The van der Waals surface area contributed by atoms with Crippen molar-refractivity contribution < 1.29 is 0 Å². The molecule has 0 saturated heterocycles. The number of fused-ring (bicyclic) bond motifs is 5. The van der Waals surface area contributed by atoms with Gasteiger partial charge in [0.05, 0.1) is 0 Å². The normalized spacial score (nSPS) is 53.0. The Morgan fingerprint density at radius 1 is 0.800 bits per heavy atom. The van der Waals surface area contributed by atoms with Crippen LogP contribution in [-0.2, 0) is 0 Å². The lowest BCUT2D eigenvalue weighted by atomic mass is 9.44. The predicted octanol–water partition coefficient (Wildman–Crippen LogP) is 7.72. The third-order valence-electron chi connectivity index (χ3n) is 10.1. The van der Waals surface area contributed by atoms with E-state index in [1.165, 1.54) is 25.7 Å². The van der Waals surface area contributed by atoms with Gasteiger partial charge in [0, 0.05) is 0 Å². The van der Waals surface area contributed by atoms with Crippen LogP contribution in [0.4, 0.5) is 0 Å². The average Bonchev–Trinajstić information content (AvgIpc) is 2.82. The van der Waals surface area contributed by atoms with Crippen molar-refractivity contribution in [3.63, 3.8) is 0 Å². The van der Waals surface area contributed by atoms with Gasteiger partial charge in [0.1, 0.15) is 0 Å². The van der Waals surface area contributed by atoms with E-state index < -0.39 is 0 Å². The smallest absolute Gasteiger partial charge is 0.0266 e. The lowest BCUT2D eigenvalue weighted by molar-refractivity contribution is -0.118. The fourth-order valence-corrected chi connectivity index (χ4v) is 8.66. The largest absolute Gasteiger partial charge is 0.0620 e. The molecular formula is C25H44. The molecule has 0 N–H and O–H groups in total. The first-order chi connectivity index (χ1) is 11.6. The Bertz CT molecular complexity index is 499. The van der Waals surface area contributed by atoms with Gasteiger partial charge in [0.2, 0.25) is 0 Å². The average molecular weight is 345 g/mol. The van der Waals surface area contributed by atoms with Crippen LogP contribution in [0.2, 0.25) is 0 Å². The van der Waals surface area contributed by atoms with Gasteiger partial charge < -0.3 is 0 Å². The SMILES string of the molecule is CC1CCC2C3CCC4C[C@@H](CC(C)(C)C)CCC4(C)C3CCC12C. The summed E-state index contributed by atoms with van der Waals surface area (Å²) in [5, 5.41) is 0. The van der Waals surface area contributed by atoms with Crippen LogP contribution in [0, 0.1) is 51.8 Å². The molecule has 4 rings (SSSR count). The standard InChI is InChI=1S/C25H44/c1-17-7-10-21-20-9-8-19-15-18(16-23(2,3)4)11-13-25(19,6)22(20)12-14-24(17,21)5/h17-22H,7-16H2,1-6H3/t17?,18-,19?,20?,21?,22?,24?,25?/m0/s1. The Labute approximate surface area is 157 Å². The van der Waals surface area contributed by atoms with Gasteiger partial charge in [-0.15, -0.1) is 0 Å². The van der Waals surface area contributed by atoms with Crippen molar-refractivity contribution in [3.8, 4) is 0 Å². The molecule has 0 radical (unpaired) electrons. The van der Waals surface area contributed by atoms with Gasteiger partial charge in [-0.25, -0.2) is 0 Å². The Balaban J connectivity index is 1.51. The van der Waals surface area contributed by atoms with Crippen LogP contribution in [0.25, 0.3) is 0 Å². The van der Waals surface area contributed by atoms with Gasteiger partial charge in [-0.1, -0.05) is 41.5 Å². The molecule has 0 aromatic heterocycles. The Kier molecular flexibility index (Phi) is 4.41. The van der Waals surface area contributed by atoms with Crippen LogP contribution in [-0.4, -0.2) is 0 Å². The molecule has 8 atom stereocenters. The van der Waals surface area contributed by atoms with Gasteiger partial charge >= 0.3 is 0 Å². The number of rotatable bonds is 1. The van der Waals surface area contributed by atoms with Crippen molar-refractivity contribution in [2.75, 3.05) is 0 Å². The minimum atomic E-state index is 0.516. The minimum Gasteiger partial charge on any atom is -0.0620 e. The zero-order valence-corrected chi connectivity index (χ0v) is 18.0. The van der Waals surface area contributed by atoms with Crippen molar-refractivity contribution in [2.24, 2.45) is 51.8 Å². The second kappa shape index (κ2) is 6.00. The quantitative estimate of drug-likeness (QED) is 0.457. The molecule has 4 saturated carbocycles. The Morgan fingerprint density at radius 2 is 1.48 bits per heavy atom. The molecule has 0 aromatic rings. The van der Waals surface area contributed by atoms with Gasteiger partial charge in [-0.05, 0) is 116 Å². The molecule has 144 valence electrons. The summed E-state index contributed by atoms with van der Waals surface area (Å²) in [6.07, 6.45) is 15.3. The van der Waals surface area contributed by atoms with E-state index in [-0.39, 0.29) is 0 Å². The first kappa shape index (κ1) is 18.4. The van der Waals surface area contributed by atoms with E-state index in [4.69, 9.17) is 0 Å². The molecule has 0 nitrogen and oxygen atoms in total. The lowest BCUT2D eigenvalue weighted by Crippen LogP contribution is -2.53. The molecule has 0 heterocycles. The molecule has 0 heteroatoms. The molecule has 4 aliphatic carbocycles. The summed E-state index contributed by atoms with van der Waals surface area (Å²) in [5.41, 5.74) is 1.89. The monoisotopic (exact) mass is 344 g/mol. The zero-order chi connectivity index (χ0) is 18.0. The van der Waals surface area contributed by atoms with Gasteiger partial charge in [-0.2, -0.15) is 0 Å². The summed E-state index contributed by atoms with van der Waals surface area (Å²) in [6, 6.07) is 0. The second-order valence-electron chi connectivity index (χ2n) is 12.6. The highest BCUT2D eigenvalue weighted by Gasteiger charge is 2.59. The maximum atomic E-state index is 2.74. The second-order valence-corrected chi connectivity index (χ2v) is 12.6. The molecule has 0 aliphatic heterocycles. The molecule has 7 unspecified atom stereocenters. The highest BCUT2D eigenvalue weighted by molar-refractivity contribution is 5.08. The van der Waals surface area contributed by atoms with Crippen molar-refractivity contribution >= 4 is 0 Å². The maximum Gasteiger partial charge on any atom is -0.0266 e. The van der Waals surface area contributed by atoms with Crippen LogP contribution in [0.15, 0.2) is 0 Å². The van der Waals surface area contributed by atoms with Crippen molar-refractivity contribution in [1.29, 1.82) is 0 Å². The van der Waals surface area contributed by atoms with Crippen molar-refractivity contribution in [2.45, 2.75) is 106 Å². The first-order valence-electron chi connectivity index (χ1n) is 11.6. The molecular weight excluding hydrogens is 300 g/mol. The topological polar surface area (TPSA) is 0 Å². The fraction of sp³-hybridized carbons (Fsp3) is 1.00. The van der Waals surface area contributed by atoms with Gasteiger partial charge in [0.25, 0.3) is 0 Å². The Hall–Kier alpha value is 0. The van der Waals surface area contributed by atoms with Gasteiger partial charge in [-0.3, -0.25) is 0 Å². The lowest BCUT2D eigenvalue weighted by Gasteiger charge is -2.61. The Morgan fingerprint density at radius 3 is 2.20 bits per heavy atom. The highest BCUT2D eigenvalue weighted by atomic mass is 14.6. The molecule has 0 bridgehead atoms. The van der Waals surface area contributed by atoms with Crippen LogP contribution < -0.4 is 0 Å². The summed E-state index contributed by atoms with van der Waals surface area (Å²) < 4.78 is 0. The zero-order valence-electron chi connectivity index (χ0n) is 18.0.